The highest BCUT2D eigenvalue weighted by atomic mass is 16.5. The number of rotatable bonds is 4. The number of hydrogen-bond acceptors (Lipinski definition) is 3. The van der Waals surface area contributed by atoms with Crippen molar-refractivity contribution in [2.45, 2.75) is 45.6 Å². The lowest BCUT2D eigenvalue weighted by atomic mass is 9.99. The maximum Gasteiger partial charge on any atom is 0.143 e. The number of nitrogens with zero attached hydrogens (tertiary/aromatic N) is 1. The van der Waals surface area contributed by atoms with Crippen LogP contribution in [-0.2, 0) is 13.0 Å². The third-order valence-corrected chi connectivity index (χ3v) is 2.61. The second-order valence-electron chi connectivity index (χ2n) is 4.50. The van der Waals surface area contributed by atoms with Crippen molar-refractivity contribution >= 4 is 0 Å². The van der Waals surface area contributed by atoms with Gasteiger partial charge in [0.05, 0.1) is 6.61 Å². The van der Waals surface area contributed by atoms with E-state index in [0.29, 0.717) is 11.8 Å². The van der Waals surface area contributed by atoms with E-state index < -0.39 is 0 Å². The number of aliphatic hydroxyl groups is 1. The van der Waals surface area contributed by atoms with Gasteiger partial charge in [0.15, 0.2) is 0 Å². The van der Waals surface area contributed by atoms with Gasteiger partial charge in [0.2, 0.25) is 0 Å². The molecule has 1 heterocycles. The molecule has 0 saturated heterocycles. The summed E-state index contributed by atoms with van der Waals surface area (Å²) in [6, 6.07) is 0. The van der Waals surface area contributed by atoms with Crippen LogP contribution in [0.5, 0.6) is 0 Å². The van der Waals surface area contributed by atoms with E-state index in [-0.39, 0.29) is 6.61 Å². The molecule has 0 aliphatic heterocycles. The van der Waals surface area contributed by atoms with Crippen LogP contribution in [0, 0.1) is 5.92 Å². The zero-order valence-corrected chi connectivity index (χ0v) is 8.79. The van der Waals surface area contributed by atoms with Crippen molar-refractivity contribution in [2.75, 3.05) is 0 Å². The van der Waals surface area contributed by atoms with Gasteiger partial charge in [-0.05, 0) is 25.2 Å². The summed E-state index contributed by atoms with van der Waals surface area (Å²) in [5.74, 6) is 2.19. The Morgan fingerprint density at radius 3 is 2.71 bits per heavy atom. The van der Waals surface area contributed by atoms with Crippen molar-refractivity contribution in [2.24, 2.45) is 5.92 Å². The first-order valence-corrected chi connectivity index (χ1v) is 5.30. The van der Waals surface area contributed by atoms with Gasteiger partial charge < -0.3 is 9.63 Å². The zero-order chi connectivity index (χ0) is 10.1. The van der Waals surface area contributed by atoms with Crippen LogP contribution in [0.2, 0.25) is 0 Å². The summed E-state index contributed by atoms with van der Waals surface area (Å²) >= 11 is 0. The molecule has 1 aliphatic carbocycles. The van der Waals surface area contributed by atoms with E-state index >= 15 is 0 Å². The minimum Gasteiger partial charge on any atom is -0.390 e. The van der Waals surface area contributed by atoms with Gasteiger partial charge in [-0.1, -0.05) is 19.0 Å². The molecule has 0 aromatic carbocycles. The third kappa shape index (κ3) is 1.82. The molecule has 0 spiro atoms. The van der Waals surface area contributed by atoms with E-state index in [9.17, 15) is 0 Å². The summed E-state index contributed by atoms with van der Waals surface area (Å²) in [7, 11) is 0. The molecule has 14 heavy (non-hydrogen) atoms. The Balaban J connectivity index is 2.25. The molecule has 1 fully saturated rings. The fourth-order valence-electron chi connectivity index (χ4n) is 1.77. The predicted octanol–water partition coefficient (Wildman–Crippen LogP) is 2.24. The predicted molar refractivity (Wildman–Crippen MR) is 52.9 cm³/mol. The Morgan fingerprint density at radius 1 is 1.50 bits per heavy atom. The zero-order valence-electron chi connectivity index (χ0n) is 8.79. The molecule has 0 atom stereocenters. The van der Waals surface area contributed by atoms with Crippen LogP contribution in [-0.4, -0.2) is 10.3 Å². The Morgan fingerprint density at radius 2 is 2.21 bits per heavy atom. The quantitative estimate of drug-likeness (QED) is 0.801. The summed E-state index contributed by atoms with van der Waals surface area (Å²) < 4.78 is 5.30. The largest absolute Gasteiger partial charge is 0.390 e. The minimum absolute atomic E-state index is 0.00171. The first-order chi connectivity index (χ1) is 6.72. The Labute approximate surface area is 84.1 Å². The maximum absolute atomic E-state index is 9.12. The lowest BCUT2D eigenvalue weighted by Crippen LogP contribution is -2.00. The average Bonchev–Trinajstić information content (AvgIpc) is 2.89. The number of hydrogen-bond donors (Lipinski definition) is 1. The standard InChI is InChI=1S/C11H17NO2/c1-7(2)5-9-10(6-13)12-14-11(9)8-3-4-8/h7-8,13H,3-6H2,1-2H3. The van der Waals surface area contributed by atoms with Gasteiger partial charge in [-0.15, -0.1) is 0 Å². The molecule has 1 aliphatic rings. The molecule has 0 unspecified atom stereocenters. The second kappa shape index (κ2) is 3.73. The van der Waals surface area contributed by atoms with Gasteiger partial charge in [-0.2, -0.15) is 0 Å². The fourth-order valence-corrected chi connectivity index (χ4v) is 1.77. The molecule has 1 aromatic heterocycles. The summed E-state index contributed by atoms with van der Waals surface area (Å²) in [6.45, 7) is 4.34. The van der Waals surface area contributed by atoms with Gasteiger partial charge >= 0.3 is 0 Å². The summed E-state index contributed by atoms with van der Waals surface area (Å²) in [4.78, 5) is 0. The molecule has 0 radical (unpaired) electrons. The van der Waals surface area contributed by atoms with Crippen molar-refractivity contribution in [3.63, 3.8) is 0 Å². The lowest BCUT2D eigenvalue weighted by Gasteiger charge is -2.04. The number of aliphatic hydroxyl groups excluding tert-OH is 1. The van der Waals surface area contributed by atoms with Crippen molar-refractivity contribution in [3.05, 3.63) is 17.0 Å². The van der Waals surface area contributed by atoms with Gasteiger partial charge in [0.1, 0.15) is 11.5 Å². The molecular formula is C11H17NO2. The van der Waals surface area contributed by atoms with Crippen molar-refractivity contribution in [3.8, 4) is 0 Å². The molecule has 3 heteroatoms. The topological polar surface area (TPSA) is 46.3 Å². The SMILES string of the molecule is CC(C)Cc1c(CO)noc1C1CC1. The molecular weight excluding hydrogens is 178 g/mol. The molecule has 3 nitrogen and oxygen atoms in total. The maximum atomic E-state index is 9.12. The molecule has 1 saturated carbocycles. The van der Waals surface area contributed by atoms with Crippen LogP contribution in [0.25, 0.3) is 0 Å². The molecule has 0 amide bonds. The van der Waals surface area contributed by atoms with E-state index in [4.69, 9.17) is 9.63 Å². The van der Waals surface area contributed by atoms with Crippen LogP contribution in [0.15, 0.2) is 4.52 Å². The van der Waals surface area contributed by atoms with Crippen molar-refractivity contribution < 1.29 is 9.63 Å². The monoisotopic (exact) mass is 195 g/mol. The molecule has 2 rings (SSSR count). The van der Waals surface area contributed by atoms with Gasteiger partial charge in [-0.25, -0.2) is 0 Å². The van der Waals surface area contributed by atoms with Crippen LogP contribution in [0.3, 0.4) is 0 Å². The van der Waals surface area contributed by atoms with Crippen LogP contribution in [0.4, 0.5) is 0 Å². The van der Waals surface area contributed by atoms with E-state index in [2.05, 4.69) is 19.0 Å². The van der Waals surface area contributed by atoms with Crippen LogP contribution in [0.1, 0.15) is 49.6 Å². The van der Waals surface area contributed by atoms with Gasteiger partial charge in [0, 0.05) is 11.5 Å². The summed E-state index contributed by atoms with van der Waals surface area (Å²) in [5.41, 5.74) is 1.89. The fraction of sp³-hybridized carbons (Fsp3) is 0.727. The Kier molecular flexibility index (Phi) is 2.59. The van der Waals surface area contributed by atoms with E-state index in [1.54, 1.807) is 0 Å². The smallest absolute Gasteiger partial charge is 0.143 e. The summed E-state index contributed by atoms with van der Waals surface area (Å²) in [6.07, 6.45) is 3.39. The normalized spacial score (nSPS) is 16.6. The number of aromatic nitrogens is 1. The summed E-state index contributed by atoms with van der Waals surface area (Å²) in [5, 5.41) is 13.0. The third-order valence-electron chi connectivity index (χ3n) is 2.61. The highest BCUT2D eigenvalue weighted by molar-refractivity contribution is 5.28. The Hall–Kier alpha value is -0.830. The minimum atomic E-state index is -0.00171. The van der Waals surface area contributed by atoms with Gasteiger partial charge in [0.25, 0.3) is 0 Å². The highest BCUT2D eigenvalue weighted by Crippen LogP contribution is 2.42. The highest BCUT2D eigenvalue weighted by Gasteiger charge is 2.31. The van der Waals surface area contributed by atoms with E-state index in [1.165, 1.54) is 12.8 Å². The van der Waals surface area contributed by atoms with Crippen LogP contribution < -0.4 is 0 Å². The Bertz CT molecular complexity index is 313. The van der Waals surface area contributed by atoms with E-state index in [0.717, 1.165) is 23.4 Å². The van der Waals surface area contributed by atoms with E-state index in [1.807, 2.05) is 0 Å². The molecule has 1 N–H and O–H groups in total. The lowest BCUT2D eigenvalue weighted by molar-refractivity contribution is 0.264. The van der Waals surface area contributed by atoms with Crippen LogP contribution >= 0.6 is 0 Å². The van der Waals surface area contributed by atoms with Crippen molar-refractivity contribution in [1.29, 1.82) is 0 Å². The first-order valence-electron chi connectivity index (χ1n) is 5.30. The first kappa shape index (κ1) is 9.71. The molecule has 0 bridgehead atoms. The van der Waals surface area contributed by atoms with Crippen molar-refractivity contribution in [1.82, 2.24) is 5.16 Å². The molecule has 78 valence electrons. The van der Waals surface area contributed by atoms with Gasteiger partial charge in [-0.3, -0.25) is 0 Å². The average molecular weight is 195 g/mol. The molecule has 1 aromatic rings. The second-order valence-corrected chi connectivity index (χ2v) is 4.50.